The van der Waals surface area contributed by atoms with E-state index in [2.05, 4.69) is 76.3 Å². The summed E-state index contributed by atoms with van der Waals surface area (Å²) in [6.45, 7) is 44.7. The van der Waals surface area contributed by atoms with Crippen molar-refractivity contribution in [2.75, 3.05) is 59.1 Å². The third-order valence-electron chi connectivity index (χ3n) is 8.11. The smallest absolute Gasteiger partial charge is 0.277 e. The molecule has 3 rings (SSSR count). The lowest BCUT2D eigenvalue weighted by Gasteiger charge is -2.44. The van der Waals surface area contributed by atoms with Gasteiger partial charge >= 0.3 is 0 Å². The van der Waals surface area contributed by atoms with Crippen LogP contribution >= 0.6 is 22.6 Å². The number of nitrogens with zero attached hydrogens (tertiary/aromatic N) is 3. The lowest BCUT2D eigenvalue weighted by molar-refractivity contribution is 0.165. The van der Waals surface area contributed by atoms with E-state index in [1.807, 2.05) is 62.3 Å². The first-order valence-corrected chi connectivity index (χ1v) is 22.9. The van der Waals surface area contributed by atoms with Crippen LogP contribution in [0.1, 0.15) is 151 Å². The average molecular weight is 758 g/mol. The second-order valence-electron chi connectivity index (χ2n) is 20.5. The molecule has 0 radical (unpaired) electrons. The first-order valence-electron chi connectivity index (χ1n) is 18.2. The van der Waals surface area contributed by atoms with Crippen molar-refractivity contribution in [3.63, 3.8) is 0 Å². The molecule has 0 saturated carbocycles. The molecule has 9 nitrogen and oxygen atoms in total. The van der Waals surface area contributed by atoms with Crippen molar-refractivity contribution in [1.82, 2.24) is 14.0 Å². The summed E-state index contributed by atoms with van der Waals surface area (Å²) < 4.78 is 62.2. The van der Waals surface area contributed by atoms with Crippen LogP contribution in [-0.2, 0) is 27.3 Å². The van der Waals surface area contributed by atoms with Crippen LogP contribution in [0.25, 0.3) is 0 Å². The van der Waals surface area contributed by atoms with Crippen molar-refractivity contribution < 1.29 is 27.3 Å². The van der Waals surface area contributed by atoms with Crippen LogP contribution in [0, 0.1) is 16.2 Å². The van der Waals surface area contributed by atoms with Gasteiger partial charge in [0.05, 0.1) is 35.3 Å². The Bertz CT molecular complexity index is 1010. The molecule has 0 aromatic rings. The Labute approximate surface area is 305 Å². The summed E-state index contributed by atoms with van der Waals surface area (Å²) >= 11 is 0. The standard InChI is InChI=1S/3C12H26NO2P.CH4/c3*1-11(2,3)10-13-8-7-9-15-16(13,14)12(4,5)6;/h3*7-10H2,1-6H3;1H4/t2*16-;;/m10../s1. The second kappa shape index (κ2) is 17.7. The minimum Gasteiger partial charge on any atom is -0.317 e. The van der Waals surface area contributed by atoms with E-state index in [0.717, 1.165) is 58.5 Å². The zero-order valence-electron chi connectivity index (χ0n) is 34.6. The van der Waals surface area contributed by atoms with Crippen LogP contribution in [0.5, 0.6) is 0 Å². The Balaban J connectivity index is 0.000000698. The van der Waals surface area contributed by atoms with Gasteiger partial charge in [0.2, 0.25) is 0 Å². The Morgan fingerprint density at radius 3 is 0.735 bits per heavy atom. The highest BCUT2D eigenvalue weighted by Gasteiger charge is 2.48. The zero-order valence-corrected chi connectivity index (χ0v) is 37.3. The lowest BCUT2D eigenvalue weighted by Crippen LogP contribution is -2.40. The fraction of sp³-hybridized carbons (Fsp3) is 1.00. The highest BCUT2D eigenvalue weighted by Crippen LogP contribution is 2.65. The molecule has 1 unspecified atom stereocenters. The molecule has 49 heavy (non-hydrogen) atoms. The minimum absolute atomic E-state index is 0. The third-order valence-corrected chi connectivity index (χ3v) is 18.1. The van der Waals surface area contributed by atoms with E-state index < -0.39 is 22.6 Å². The third kappa shape index (κ3) is 14.7. The van der Waals surface area contributed by atoms with Gasteiger partial charge in [-0.3, -0.25) is 13.7 Å². The van der Waals surface area contributed by atoms with E-state index in [1.54, 1.807) is 0 Å². The maximum atomic E-state index is 13.0. The monoisotopic (exact) mass is 758 g/mol. The quantitative estimate of drug-likeness (QED) is 0.261. The van der Waals surface area contributed by atoms with Crippen LogP contribution < -0.4 is 0 Å². The first-order chi connectivity index (χ1) is 21.2. The van der Waals surface area contributed by atoms with Gasteiger partial charge in [-0.2, -0.15) is 0 Å². The molecule has 0 N–H and O–H groups in total. The predicted octanol–water partition coefficient (Wildman–Crippen LogP) is 11.9. The molecule has 0 aromatic heterocycles. The minimum atomic E-state index is -2.67. The van der Waals surface area contributed by atoms with E-state index in [1.165, 1.54) is 0 Å². The number of hydrogen-bond donors (Lipinski definition) is 0. The number of hydrogen-bond acceptors (Lipinski definition) is 6. The van der Waals surface area contributed by atoms with E-state index in [-0.39, 0.29) is 39.1 Å². The molecule has 0 bridgehead atoms. The zero-order chi connectivity index (χ0) is 37.8. The summed E-state index contributed by atoms with van der Waals surface area (Å²) in [5.74, 6) is 0. The van der Waals surface area contributed by atoms with Gasteiger partial charge in [-0.05, 0) is 97.8 Å². The topological polar surface area (TPSA) is 88.6 Å². The molecular weight excluding hydrogens is 675 g/mol. The molecule has 0 spiro atoms. The van der Waals surface area contributed by atoms with Gasteiger partial charge in [-0.25, -0.2) is 14.0 Å². The van der Waals surface area contributed by atoms with E-state index in [9.17, 15) is 13.7 Å². The summed E-state index contributed by atoms with van der Waals surface area (Å²) in [6.07, 6.45) is 2.95. The molecule has 3 atom stereocenters. The largest absolute Gasteiger partial charge is 0.317 e. The van der Waals surface area contributed by atoms with Gasteiger partial charge in [0.25, 0.3) is 22.6 Å². The Hall–Kier alpha value is 0.450. The predicted molar refractivity (Wildman–Crippen MR) is 214 cm³/mol. The van der Waals surface area contributed by atoms with Crippen LogP contribution in [-0.4, -0.2) is 88.6 Å². The van der Waals surface area contributed by atoms with E-state index >= 15 is 0 Å². The highest BCUT2D eigenvalue weighted by molar-refractivity contribution is 7.58. The molecule has 12 heteroatoms. The van der Waals surface area contributed by atoms with Crippen molar-refractivity contribution in [2.24, 2.45) is 16.2 Å². The molecular formula is C37H82N3O6P3. The highest BCUT2D eigenvalue weighted by atomic mass is 31.2. The van der Waals surface area contributed by atoms with Crippen molar-refractivity contribution >= 4 is 22.6 Å². The number of rotatable bonds is 3. The van der Waals surface area contributed by atoms with Crippen molar-refractivity contribution in [1.29, 1.82) is 0 Å². The Morgan fingerprint density at radius 2 is 0.592 bits per heavy atom. The summed E-state index contributed by atoms with van der Waals surface area (Å²) in [7, 11) is -8.01. The molecule has 0 aromatic carbocycles. The summed E-state index contributed by atoms with van der Waals surface area (Å²) in [5, 5.41) is -0.879. The lowest BCUT2D eigenvalue weighted by atomic mass is 9.97. The normalized spacial score (nSPS) is 28.8. The van der Waals surface area contributed by atoms with E-state index in [4.69, 9.17) is 13.6 Å². The molecule has 3 fully saturated rings. The molecule has 3 saturated heterocycles. The van der Waals surface area contributed by atoms with Crippen molar-refractivity contribution in [3.8, 4) is 0 Å². The SMILES string of the molecule is C.CC(C)(C)CN1CCCOP1(=O)C(C)(C)C.CC(C)(C)CN1CCCO[P@@]1(=O)C(C)(C)C.CC(C)(C)CN1CCCO[P@]1(=O)C(C)(C)C. The van der Waals surface area contributed by atoms with Crippen molar-refractivity contribution in [3.05, 3.63) is 0 Å². The second-order valence-corrected chi connectivity index (χ2v) is 30.1. The van der Waals surface area contributed by atoms with Gasteiger partial charge in [0, 0.05) is 39.3 Å². The van der Waals surface area contributed by atoms with Crippen LogP contribution in [0.15, 0.2) is 0 Å². The Kier molecular flexibility index (Phi) is 17.9. The fourth-order valence-electron chi connectivity index (χ4n) is 5.96. The maximum absolute atomic E-state index is 13.0. The first kappa shape index (κ1) is 49.5. The van der Waals surface area contributed by atoms with Crippen LogP contribution in [0.4, 0.5) is 0 Å². The van der Waals surface area contributed by atoms with Gasteiger partial charge in [0.15, 0.2) is 0 Å². The molecule has 0 amide bonds. The fourth-order valence-corrected chi connectivity index (χ4v) is 14.3. The molecule has 0 aliphatic carbocycles. The molecule has 3 heterocycles. The maximum Gasteiger partial charge on any atom is 0.277 e. The van der Waals surface area contributed by atoms with Gasteiger partial charge in [0.1, 0.15) is 0 Å². The van der Waals surface area contributed by atoms with Gasteiger partial charge < -0.3 is 13.6 Å². The molecule has 3 aliphatic heterocycles. The summed E-state index contributed by atoms with van der Waals surface area (Å²) in [4.78, 5) is 0. The molecule has 3 aliphatic rings. The van der Waals surface area contributed by atoms with Crippen LogP contribution in [0.2, 0.25) is 0 Å². The van der Waals surface area contributed by atoms with Crippen molar-refractivity contribution in [2.45, 2.75) is 167 Å². The van der Waals surface area contributed by atoms with Gasteiger partial charge in [-0.15, -0.1) is 0 Å². The molecule has 296 valence electrons. The van der Waals surface area contributed by atoms with Crippen LogP contribution in [0.3, 0.4) is 0 Å². The summed E-state index contributed by atoms with van der Waals surface area (Å²) in [6, 6.07) is 0. The average Bonchev–Trinajstić information content (AvgIpc) is 2.85. The van der Waals surface area contributed by atoms with Gasteiger partial charge in [-0.1, -0.05) is 69.7 Å². The Morgan fingerprint density at radius 1 is 0.408 bits per heavy atom. The summed E-state index contributed by atoms with van der Waals surface area (Å²) in [5.41, 5.74) is 0.463. The van der Waals surface area contributed by atoms with E-state index in [0.29, 0.717) is 19.8 Å².